The zero-order valence-corrected chi connectivity index (χ0v) is 17.7. The molecule has 1 saturated heterocycles. The highest BCUT2D eigenvalue weighted by molar-refractivity contribution is 7.90. The van der Waals surface area contributed by atoms with E-state index < -0.39 is 26.0 Å². The van der Waals surface area contributed by atoms with Crippen LogP contribution in [0.5, 0.6) is 0 Å². The second-order valence-corrected chi connectivity index (χ2v) is 11.2. The number of carbonyl (C=O) groups excluding carboxylic acids is 1. The molecule has 1 N–H and O–H groups in total. The quantitative estimate of drug-likeness (QED) is 0.737. The summed E-state index contributed by atoms with van der Waals surface area (Å²) < 4.78 is 50.1. The van der Waals surface area contributed by atoms with Crippen molar-refractivity contribution >= 4 is 26.0 Å². The second-order valence-electron chi connectivity index (χ2n) is 7.06. The first kappa shape index (κ1) is 21.8. The Kier molecular flexibility index (Phi) is 6.67. The molecule has 0 saturated carbocycles. The van der Waals surface area contributed by atoms with E-state index in [1.807, 2.05) is 6.92 Å². The molecule has 1 aromatic carbocycles. The van der Waals surface area contributed by atoms with Gasteiger partial charge in [-0.05, 0) is 37.5 Å². The van der Waals surface area contributed by atoms with Crippen molar-refractivity contribution in [2.45, 2.75) is 30.7 Å². The average Bonchev–Trinajstić information content (AvgIpc) is 2.61. The predicted octanol–water partition coefficient (Wildman–Crippen LogP) is 0.786. The van der Waals surface area contributed by atoms with Crippen LogP contribution in [0.4, 0.5) is 0 Å². The molecular formula is C17H27N3O5S2. The molecule has 1 amide bonds. The van der Waals surface area contributed by atoms with E-state index in [4.69, 9.17) is 0 Å². The molecule has 0 aromatic heterocycles. The van der Waals surface area contributed by atoms with Gasteiger partial charge in [-0.1, -0.05) is 12.1 Å². The van der Waals surface area contributed by atoms with E-state index in [2.05, 4.69) is 5.32 Å². The summed E-state index contributed by atoms with van der Waals surface area (Å²) >= 11 is 0. The van der Waals surface area contributed by atoms with Gasteiger partial charge in [0.2, 0.25) is 5.91 Å². The Morgan fingerprint density at radius 3 is 2.30 bits per heavy atom. The number of nitrogens with zero attached hydrogens (tertiary/aromatic N) is 2. The molecule has 0 spiro atoms. The van der Waals surface area contributed by atoms with E-state index >= 15 is 0 Å². The fourth-order valence-electron chi connectivity index (χ4n) is 3.02. The van der Waals surface area contributed by atoms with E-state index in [-0.39, 0.29) is 23.4 Å². The van der Waals surface area contributed by atoms with Crippen LogP contribution in [0.1, 0.15) is 31.4 Å². The van der Waals surface area contributed by atoms with E-state index in [9.17, 15) is 21.6 Å². The molecular weight excluding hydrogens is 390 g/mol. The highest BCUT2D eigenvalue weighted by Gasteiger charge is 2.33. The van der Waals surface area contributed by atoms with Crippen LogP contribution in [0.25, 0.3) is 0 Å². The lowest BCUT2D eigenvalue weighted by molar-refractivity contribution is -0.126. The number of benzene rings is 1. The van der Waals surface area contributed by atoms with Gasteiger partial charge in [-0.15, -0.1) is 0 Å². The second kappa shape index (κ2) is 8.26. The van der Waals surface area contributed by atoms with Gasteiger partial charge in [0.1, 0.15) is 0 Å². The Bertz CT molecular complexity index is 880. The zero-order chi connectivity index (χ0) is 20.4. The molecule has 2 atom stereocenters. The Morgan fingerprint density at radius 2 is 1.78 bits per heavy atom. The highest BCUT2D eigenvalue weighted by Crippen LogP contribution is 2.22. The summed E-state index contributed by atoms with van der Waals surface area (Å²) in [6, 6.07) is 6.06. The molecule has 27 heavy (non-hydrogen) atoms. The van der Waals surface area contributed by atoms with Crippen LogP contribution in [0.15, 0.2) is 29.2 Å². The van der Waals surface area contributed by atoms with Crippen molar-refractivity contribution in [3.05, 3.63) is 29.8 Å². The highest BCUT2D eigenvalue weighted by atomic mass is 32.2. The molecule has 1 fully saturated rings. The fourth-order valence-corrected chi connectivity index (χ4v) is 4.84. The summed E-state index contributed by atoms with van der Waals surface area (Å²) in [7, 11) is -3.86. The minimum atomic E-state index is -3.54. The van der Waals surface area contributed by atoms with Gasteiger partial charge >= 0.3 is 0 Å². The van der Waals surface area contributed by atoms with Crippen molar-refractivity contribution in [2.24, 2.45) is 5.92 Å². The number of carbonyl (C=O) groups is 1. The van der Waals surface area contributed by atoms with Gasteiger partial charge in [-0.2, -0.15) is 17.0 Å². The van der Waals surface area contributed by atoms with Crippen LogP contribution in [-0.4, -0.2) is 64.8 Å². The molecule has 0 aliphatic carbocycles. The van der Waals surface area contributed by atoms with Gasteiger partial charge in [-0.3, -0.25) is 4.79 Å². The van der Waals surface area contributed by atoms with E-state index in [0.717, 1.165) is 16.1 Å². The smallest absolute Gasteiger partial charge is 0.281 e. The van der Waals surface area contributed by atoms with Crippen molar-refractivity contribution < 1.29 is 21.6 Å². The molecule has 0 unspecified atom stereocenters. The van der Waals surface area contributed by atoms with E-state index in [1.54, 1.807) is 12.1 Å². The number of rotatable bonds is 6. The molecule has 2 rings (SSSR count). The fraction of sp³-hybridized carbons (Fsp3) is 0.588. The largest absolute Gasteiger partial charge is 0.349 e. The maximum Gasteiger partial charge on any atom is 0.281 e. The Hall–Kier alpha value is -1.49. The van der Waals surface area contributed by atoms with Crippen LogP contribution in [0.3, 0.4) is 0 Å². The van der Waals surface area contributed by atoms with E-state index in [0.29, 0.717) is 19.4 Å². The van der Waals surface area contributed by atoms with Gasteiger partial charge in [0.15, 0.2) is 9.84 Å². The molecule has 152 valence electrons. The zero-order valence-electron chi connectivity index (χ0n) is 16.0. The number of piperidine rings is 1. The number of sulfone groups is 1. The van der Waals surface area contributed by atoms with Crippen molar-refractivity contribution in [3.8, 4) is 0 Å². The number of hydrogen-bond donors (Lipinski definition) is 1. The first-order valence-electron chi connectivity index (χ1n) is 8.71. The lowest BCUT2D eigenvalue weighted by atomic mass is 9.98. The Balaban J connectivity index is 2.03. The van der Waals surface area contributed by atoms with Gasteiger partial charge < -0.3 is 5.32 Å². The lowest BCUT2D eigenvalue weighted by Crippen LogP contribution is -2.49. The number of nitrogens with one attached hydrogen (secondary N) is 1. The SMILES string of the molecule is C[C@H](NC(=O)[C@@H]1CCCN(S(=O)(=O)N(C)C)C1)c1ccc(S(C)(=O)=O)cc1. The maximum absolute atomic E-state index is 12.6. The minimum absolute atomic E-state index is 0.159. The first-order valence-corrected chi connectivity index (χ1v) is 12.0. The summed E-state index contributed by atoms with van der Waals surface area (Å²) in [5.41, 5.74) is 0.782. The van der Waals surface area contributed by atoms with Crippen LogP contribution in [-0.2, 0) is 24.8 Å². The van der Waals surface area contributed by atoms with Crippen molar-refractivity contribution in [1.82, 2.24) is 13.9 Å². The summed E-state index contributed by atoms with van der Waals surface area (Å²) in [6.07, 6.45) is 2.40. The maximum atomic E-state index is 12.6. The molecule has 1 aromatic rings. The Labute approximate surface area is 161 Å². The third-order valence-electron chi connectivity index (χ3n) is 4.71. The summed E-state index contributed by atoms with van der Waals surface area (Å²) in [4.78, 5) is 12.8. The summed E-state index contributed by atoms with van der Waals surface area (Å²) in [6.45, 7) is 2.38. The van der Waals surface area contributed by atoms with Gasteiger partial charge in [-0.25, -0.2) is 8.42 Å². The number of amides is 1. The van der Waals surface area contributed by atoms with Crippen LogP contribution >= 0.6 is 0 Å². The van der Waals surface area contributed by atoms with E-state index in [1.165, 1.54) is 30.5 Å². The predicted molar refractivity (Wildman–Crippen MR) is 103 cm³/mol. The van der Waals surface area contributed by atoms with Gasteiger partial charge in [0.25, 0.3) is 10.2 Å². The summed E-state index contributed by atoms with van der Waals surface area (Å²) in [5.74, 6) is -0.612. The molecule has 0 bridgehead atoms. The minimum Gasteiger partial charge on any atom is -0.349 e. The van der Waals surface area contributed by atoms with Crippen molar-refractivity contribution in [1.29, 1.82) is 0 Å². The third-order valence-corrected chi connectivity index (χ3v) is 7.75. The molecule has 1 aliphatic heterocycles. The third kappa shape index (κ3) is 5.28. The van der Waals surface area contributed by atoms with Crippen molar-refractivity contribution in [2.75, 3.05) is 33.4 Å². The molecule has 1 aliphatic rings. The standard InChI is InChI=1S/C17H27N3O5S2/c1-13(14-7-9-16(10-8-14)26(4,22)23)18-17(21)15-6-5-11-20(12-15)27(24,25)19(2)3/h7-10,13,15H,5-6,11-12H2,1-4H3,(H,18,21)/t13-,15+/m0/s1. The monoisotopic (exact) mass is 417 g/mol. The average molecular weight is 418 g/mol. The summed E-state index contributed by atoms with van der Waals surface area (Å²) in [5, 5.41) is 2.90. The van der Waals surface area contributed by atoms with Crippen LogP contribution < -0.4 is 5.32 Å². The topological polar surface area (TPSA) is 104 Å². The van der Waals surface area contributed by atoms with Gasteiger partial charge in [0, 0.05) is 33.4 Å². The lowest BCUT2D eigenvalue weighted by Gasteiger charge is -2.33. The van der Waals surface area contributed by atoms with Crippen LogP contribution in [0, 0.1) is 5.92 Å². The molecule has 10 heteroatoms. The van der Waals surface area contributed by atoms with Gasteiger partial charge in [0.05, 0.1) is 16.9 Å². The number of hydrogen-bond acceptors (Lipinski definition) is 5. The first-order chi connectivity index (χ1) is 12.4. The van der Waals surface area contributed by atoms with Crippen LogP contribution in [0.2, 0.25) is 0 Å². The molecule has 8 nitrogen and oxygen atoms in total. The molecule has 0 radical (unpaired) electrons. The normalized spacial score (nSPS) is 20.4. The van der Waals surface area contributed by atoms with Crippen molar-refractivity contribution in [3.63, 3.8) is 0 Å². The Morgan fingerprint density at radius 1 is 1.19 bits per heavy atom. The molecule has 1 heterocycles.